The monoisotopic (exact) mass is 383 g/mol. The minimum absolute atomic E-state index is 0.317. The van der Waals surface area contributed by atoms with E-state index in [0.717, 1.165) is 45.2 Å². The largest absolute Gasteiger partial charge is 0.497 e. The number of nitrogens with two attached hydrogens (primary N) is 1. The molecule has 0 aliphatic heterocycles. The van der Waals surface area contributed by atoms with Crippen LogP contribution in [0.3, 0.4) is 0 Å². The van der Waals surface area contributed by atoms with Gasteiger partial charge < -0.3 is 10.5 Å². The second-order valence-electron chi connectivity index (χ2n) is 6.63. The number of pyridine rings is 2. The lowest BCUT2D eigenvalue weighted by Gasteiger charge is -2.09. The summed E-state index contributed by atoms with van der Waals surface area (Å²) in [5.74, 6) is 1.35. The number of aromatic nitrogens is 4. The summed E-state index contributed by atoms with van der Waals surface area (Å²) in [7, 11) is 1.66. The highest BCUT2D eigenvalue weighted by Gasteiger charge is 2.11. The number of rotatable bonds is 5. The van der Waals surface area contributed by atoms with Gasteiger partial charge in [0.2, 0.25) is 0 Å². The Hall–Kier alpha value is -3.64. The molecule has 144 valence electrons. The van der Waals surface area contributed by atoms with Gasteiger partial charge in [-0.05, 0) is 48.9 Å². The van der Waals surface area contributed by atoms with Crippen molar-refractivity contribution in [2.45, 2.75) is 13.5 Å². The van der Waals surface area contributed by atoms with Crippen LogP contribution in [0, 0.1) is 6.92 Å². The quantitative estimate of drug-likeness (QED) is 0.560. The number of nitrogens with zero attached hydrogens (tertiary/aromatic N) is 4. The first-order valence-corrected chi connectivity index (χ1v) is 9.28. The first-order valence-electron chi connectivity index (χ1n) is 9.28. The average molecular weight is 383 g/mol. The number of benzene rings is 1. The lowest BCUT2D eigenvalue weighted by molar-refractivity contribution is 0.415. The Kier molecular flexibility index (Phi) is 5.27. The maximum absolute atomic E-state index is 5.89. The summed E-state index contributed by atoms with van der Waals surface area (Å²) in [4.78, 5) is 18.3. The lowest BCUT2D eigenvalue weighted by Crippen LogP contribution is -2.04. The molecule has 0 unspecified atom stereocenters. The van der Waals surface area contributed by atoms with Crippen LogP contribution < -0.4 is 10.5 Å². The fraction of sp³-hybridized carbons (Fsp3) is 0.130. The van der Waals surface area contributed by atoms with Gasteiger partial charge in [-0.2, -0.15) is 0 Å². The summed E-state index contributed by atoms with van der Waals surface area (Å²) >= 11 is 0. The second-order valence-corrected chi connectivity index (χ2v) is 6.63. The van der Waals surface area contributed by atoms with Crippen molar-refractivity contribution >= 4 is 0 Å². The van der Waals surface area contributed by atoms with Gasteiger partial charge in [0.15, 0.2) is 5.82 Å². The predicted molar refractivity (Wildman–Crippen MR) is 113 cm³/mol. The van der Waals surface area contributed by atoms with E-state index in [1.165, 1.54) is 0 Å². The first-order chi connectivity index (χ1) is 14.2. The summed E-state index contributed by atoms with van der Waals surface area (Å²) in [6.45, 7) is 2.26. The first kappa shape index (κ1) is 18.7. The van der Waals surface area contributed by atoms with Gasteiger partial charge in [0, 0.05) is 35.8 Å². The third-order valence-electron chi connectivity index (χ3n) is 4.54. The Balaban J connectivity index is 1.79. The van der Waals surface area contributed by atoms with Gasteiger partial charge in [-0.3, -0.25) is 4.98 Å². The standard InChI is InChI=1S/C23H21N5O/c1-15-5-3-8-21(26-15)23-27-19(12-24)11-22(28-23)18-9-17(13-25-14-18)16-6-4-7-20(10-16)29-2/h3-11,13-14H,12,24H2,1-2H3. The molecule has 0 aliphatic carbocycles. The summed E-state index contributed by atoms with van der Waals surface area (Å²) in [6.07, 6.45) is 3.62. The lowest BCUT2D eigenvalue weighted by atomic mass is 10.0. The van der Waals surface area contributed by atoms with Crippen molar-refractivity contribution in [2.24, 2.45) is 5.73 Å². The van der Waals surface area contributed by atoms with Crippen LogP contribution in [0.2, 0.25) is 0 Å². The molecule has 3 heterocycles. The zero-order valence-electron chi connectivity index (χ0n) is 16.3. The van der Waals surface area contributed by atoms with Crippen molar-refractivity contribution in [2.75, 3.05) is 7.11 Å². The molecule has 0 amide bonds. The molecule has 6 nitrogen and oxygen atoms in total. The van der Waals surface area contributed by atoms with Gasteiger partial charge >= 0.3 is 0 Å². The van der Waals surface area contributed by atoms with E-state index in [2.05, 4.69) is 21.0 Å². The van der Waals surface area contributed by atoms with Crippen LogP contribution in [0.1, 0.15) is 11.4 Å². The normalized spacial score (nSPS) is 10.7. The van der Waals surface area contributed by atoms with E-state index in [0.29, 0.717) is 12.4 Å². The molecule has 1 aromatic carbocycles. The van der Waals surface area contributed by atoms with Crippen LogP contribution in [-0.4, -0.2) is 27.0 Å². The maximum Gasteiger partial charge on any atom is 0.179 e. The van der Waals surface area contributed by atoms with Crippen molar-refractivity contribution in [3.63, 3.8) is 0 Å². The van der Waals surface area contributed by atoms with Gasteiger partial charge in [-0.1, -0.05) is 18.2 Å². The molecule has 3 aromatic heterocycles. The highest BCUT2D eigenvalue weighted by molar-refractivity contribution is 5.71. The Morgan fingerprint density at radius 2 is 1.66 bits per heavy atom. The summed E-state index contributed by atoms with van der Waals surface area (Å²) in [5, 5.41) is 0. The third-order valence-corrected chi connectivity index (χ3v) is 4.54. The highest BCUT2D eigenvalue weighted by Crippen LogP contribution is 2.28. The fourth-order valence-corrected chi connectivity index (χ4v) is 3.07. The van der Waals surface area contributed by atoms with Crippen molar-refractivity contribution in [1.82, 2.24) is 19.9 Å². The Labute approximate surface area is 169 Å². The number of ether oxygens (including phenoxy) is 1. The Bertz CT molecular complexity index is 1160. The molecule has 6 heteroatoms. The molecular formula is C23H21N5O. The zero-order valence-corrected chi connectivity index (χ0v) is 16.3. The number of methoxy groups -OCH3 is 1. The van der Waals surface area contributed by atoms with E-state index in [1.54, 1.807) is 13.3 Å². The van der Waals surface area contributed by atoms with Crippen LogP contribution in [0.25, 0.3) is 33.9 Å². The average Bonchev–Trinajstić information content (AvgIpc) is 2.79. The van der Waals surface area contributed by atoms with Crippen molar-refractivity contribution < 1.29 is 4.74 Å². The molecule has 0 saturated carbocycles. The summed E-state index contributed by atoms with van der Waals surface area (Å²) < 4.78 is 5.33. The van der Waals surface area contributed by atoms with Crippen LogP contribution in [0.5, 0.6) is 5.75 Å². The van der Waals surface area contributed by atoms with Crippen molar-refractivity contribution in [3.8, 4) is 39.7 Å². The van der Waals surface area contributed by atoms with E-state index in [4.69, 9.17) is 15.5 Å². The molecule has 0 fully saturated rings. The molecule has 4 rings (SSSR count). The van der Waals surface area contributed by atoms with E-state index in [9.17, 15) is 0 Å². The molecule has 29 heavy (non-hydrogen) atoms. The molecule has 0 spiro atoms. The predicted octanol–water partition coefficient (Wildman–Crippen LogP) is 4.04. The van der Waals surface area contributed by atoms with Gasteiger partial charge in [0.1, 0.15) is 11.4 Å². The van der Waals surface area contributed by atoms with Crippen LogP contribution in [0.15, 0.2) is 67.0 Å². The van der Waals surface area contributed by atoms with E-state index < -0.39 is 0 Å². The molecule has 0 bridgehead atoms. The van der Waals surface area contributed by atoms with Crippen LogP contribution >= 0.6 is 0 Å². The van der Waals surface area contributed by atoms with E-state index in [-0.39, 0.29) is 0 Å². The minimum Gasteiger partial charge on any atom is -0.497 e. The topological polar surface area (TPSA) is 86.8 Å². The number of aryl methyl sites for hydroxylation is 1. The van der Waals surface area contributed by atoms with Crippen LogP contribution in [0.4, 0.5) is 0 Å². The molecular weight excluding hydrogens is 362 g/mol. The highest BCUT2D eigenvalue weighted by atomic mass is 16.5. The smallest absolute Gasteiger partial charge is 0.179 e. The second kappa shape index (κ2) is 8.16. The molecule has 2 N–H and O–H groups in total. The molecule has 4 aromatic rings. The van der Waals surface area contributed by atoms with E-state index >= 15 is 0 Å². The molecule has 0 radical (unpaired) electrons. The van der Waals surface area contributed by atoms with Crippen LogP contribution in [-0.2, 0) is 6.54 Å². The van der Waals surface area contributed by atoms with Gasteiger partial charge in [-0.15, -0.1) is 0 Å². The van der Waals surface area contributed by atoms with Gasteiger partial charge in [0.05, 0.1) is 18.5 Å². The minimum atomic E-state index is 0.317. The summed E-state index contributed by atoms with van der Waals surface area (Å²) in [6, 6.07) is 17.6. The summed E-state index contributed by atoms with van der Waals surface area (Å²) in [5.41, 5.74) is 11.9. The molecule has 0 saturated heterocycles. The maximum atomic E-state index is 5.89. The Morgan fingerprint density at radius 3 is 2.45 bits per heavy atom. The zero-order chi connectivity index (χ0) is 20.2. The van der Waals surface area contributed by atoms with Gasteiger partial charge in [0.25, 0.3) is 0 Å². The molecule has 0 atom stereocenters. The van der Waals surface area contributed by atoms with Crippen molar-refractivity contribution in [1.29, 1.82) is 0 Å². The molecule has 0 aliphatic rings. The third kappa shape index (κ3) is 4.12. The van der Waals surface area contributed by atoms with Gasteiger partial charge in [-0.25, -0.2) is 15.0 Å². The fourth-order valence-electron chi connectivity index (χ4n) is 3.07. The SMILES string of the molecule is COc1cccc(-c2cncc(-c3cc(CN)nc(-c4cccc(C)n4)n3)c2)c1. The van der Waals surface area contributed by atoms with E-state index in [1.807, 2.05) is 61.7 Å². The Morgan fingerprint density at radius 1 is 0.828 bits per heavy atom. The number of hydrogen-bond donors (Lipinski definition) is 1. The number of hydrogen-bond acceptors (Lipinski definition) is 6. The van der Waals surface area contributed by atoms with Crippen molar-refractivity contribution in [3.05, 3.63) is 78.4 Å².